The summed E-state index contributed by atoms with van der Waals surface area (Å²) in [5.41, 5.74) is 0. The number of nitrogens with one attached hydrogen (secondary N) is 1. The number of rotatable bonds is 2. The number of piperidine rings is 1. The zero-order chi connectivity index (χ0) is 17.2. The summed E-state index contributed by atoms with van der Waals surface area (Å²) < 4.78 is 0. The van der Waals surface area contributed by atoms with Crippen molar-refractivity contribution in [2.75, 3.05) is 32.7 Å². The lowest BCUT2D eigenvalue weighted by atomic mass is 9.92. The van der Waals surface area contributed by atoms with Gasteiger partial charge >= 0.3 is 0 Å². The third-order valence-electron chi connectivity index (χ3n) is 6.11. The highest BCUT2D eigenvalue weighted by Crippen LogP contribution is 2.29. The molecule has 0 aromatic carbocycles. The van der Waals surface area contributed by atoms with Gasteiger partial charge < -0.3 is 15.1 Å². The number of carbonyl (C=O) groups excluding carboxylic acids is 2. The van der Waals surface area contributed by atoms with E-state index in [0.29, 0.717) is 18.4 Å². The maximum absolute atomic E-state index is 13.2. The Kier molecular flexibility index (Phi) is 5.08. The van der Waals surface area contributed by atoms with Crippen LogP contribution in [-0.4, -0.2) is 60.4 Å². The fourth-order valence-electron chi connectivity index (χ4n) is 4.62. The molecule has 0 saturated carbocycles. The predicted molar refractivity (Wildman–Crippen MR) is 98.7 cm³/mol. The van der Waals surface area contributed by atoms with Crippen LogP contribution >= 0.6 is 11.3 Å². The van der Waals surface area contributed by atoms with E-state index in [9.17, 15) is 9.59 Å². The van der Waals surface area contributed by atoms with E-state index in [1.165, 1.54) is 11.3 Å². The molecule has 1 unspecified atom stereocenters. The summed E-state index contributed by atoms with van der Waals surface area (Å²) in [6, 6.07) is 3.50. The van der Waals surface area contributed by atoms with Gasteiger partial charge in [-0.25, -0.2) is 0 Å². The molecule has 3 atom stereocenters. The van der Waals surface area contributed by atoms with Gasteiger partial charge in [0.15, 0.2) is 0 Å². The Morgan fingerprint density at radius 3 is 2.48 bits per heavy atom. The smallest absolute Gasteiger partial charge is 0.264 e. The van der Waals surface area contributed by atoms with E-state index in [-0.39, 0.29) is 17.9 Å². The Labute approximate surface area is 153 Å². The van der Waals surface area contributed by atoms with Gasteiger partial charge in [-0.15, -0.1) is 11.3 Å². The third kappa shape index (κ3) is 3.47. The molecule has 2 amide bonds. The first-order valence-electron chi connectivity index (χ1n) is 9.58. The van der Waals surface area contributed by atoms with E-state index in [1.807, 2.05) is 27.3 Å². The van der Waals surface area contributed by atoms with Gasteiger partial charge in [0.25, 0.3) is 5.91 Å². The van der Waals surface area contributed by atoms with Crippen molar-refractivity contribution in [3.63, 3.8) is 0 Å². The summed E-state index contributed by atoms with van der Waals surface area (Å²) in [6.45, 7) is 4.59. The summed E-state index contributed by atoms with van der Waals surface area (Å²) in [7, 11) is 0. The molecule has 3 fully saturated rings. The molecular weight excluding hydrogens is 334 g/mol. The van der Waals surface area contributed by atoms with Crippen molar-refractivity contribution in [3.05, 3.63) is 22.4 Å². The van der Waals surface area contributed by atoms with Gasteiger partial charge in [0, 0.05) is 19.6 Å². The zero-order valence-corrected chi connectivity index (χ0v) is 15.5. The normalized spacial score (nSPS) is 30.0. The maximum Gasteiger partial charge on any atom is 0.264 e. The number of likely N-dealkylation sites (tertiary alicyclic amines) is 2. The van der Waals surface area contributed by atoms with Gasteiger partial charge in [-0.3, -0.25) is 9.59 Å². The lowest BCUT2D eigenvalue weighted by Gasteiger charge is -2.37. The summed E-state index contributed by atoms with van der Waals surface area (Å²) in [5, 5.41) is 5.41. The van der Waals surface area contributed by atoms with E-state index in [4.69, 9.17) is 0 Å². The van der Waals surface area contributed by atoms with Gasteiger partial charge in [-0.1, -0.05) is 6.07 Å². The fourth-order valence-corrected chi connectivity index (χ4v) is 5.30. The Bertz CT molecular complexity index is 604. The van der Waals surface area contributed by atoms with E-state index in [2.05, 4.69) is 5.32 Å². The summed E-state index contributed by atoms with van der Waals surface area (Å²) >= 11 is 1.47. The second-order valence-corrected chi connectivity index (χ2v) is 8.52. The Morgan fingerprint density at radius 2 is 1.80 bits per heavy atom. The van der Waals surface area contributed by atoms with Gasteiger partial charge in [-0.2, -0.15) is 0 Å². The Morgan fingerprint density at radius 1 is 1.04 bits per heavy atom. The molecule has 4 heterocycles. The molecule has 0 radical (unpaired) electrons. The molecule has 3 aliphatic rings. The molecule has 3 aliphatic heterocycles. The van der Waals surface area contributed by atoms with Gasteiger partial charge in [0.05, 0.1) is 4.88 Å². The SMILES string of the molecule is O=C(C1CCCCN1C(=O)c1cccs1)N1CC[C@@H]2CNC[C@@H]2CC1. The number of amides is 2. The highest BCUT2D eigenvalue weighted by atomic mass is 32.1. The minimum Gasteiger partial charge on any atom is -0.341 e. The largest absolute Gasteiger partial charge is 0.341 e. The van der Waals surface area contributed by atoms with Crippen LogP contribution in [0.2, 0.25) is 0 Å². The average molecular weight is 362 g/mol. The van der Waals surface area contributed by atoms with Crippen molar-refractivity contribution in [2.24, 2.45) is 11.8 Å². The minimum atomic E-state index is -0.264. The molecule has 3 saturated heterocycles. The first-order valence-corrected chi connectivity index (χ1v) is 10.5. The molecule has 0 spiro atoms. The van der Waals surface area contributed by atoms with E-state index in [1.54, 1.807) is 0 Å². The molecule has 1 N–H and O–H groups in total. The van der Waals surface area contributed by atoms with Gasteiger partial charge in [-0.05, 0) is 68.5 Å². The molecule has 5 nitrogen and oxygen atoms in total. The fraction of sp³-hybridized carbons (Fsp3) is 0.684. The van der Waals surface area contributed by atoms with E-state index < -0.39 is 0 Å². The number of hydrogen-bond acceptors (Lipinski definition) is 4. The molecule has 1 aromatic rings. The molecule has 4 rings (SSSR count). The lowest BCUT2D eigenvalue weighted by molar-refractivity contribution is -0.137. The van der Waals surface area contributed by atoms with Crippen molar-refractivity contribution in [1.82, 2.24) is 15.1 Å². The topological polar surface area (TPSA) is 52.7 Å². The minimum absolute atomic E-state index is 0.0314. The van der Waals surface area contributed by atoms with Crippen LogP contribution in [0.15, 0.2) is 17.5 Å². The molecule has 6 heteroatoms. The molecule has 25 heavy (non-hydrogen) atoms. The first kappa shape index (κ1) is 17.0. The maximum atomic E-state index is 13.2. The second-order valence-electron chi connectivity index (χ2n) is 7.57. The molecular formula is C19H27N3O2S. The van der Waals surface area contributed by atoms with Crippen LogP contribution in [0.1, 0.15) is 41.8 Å². The second kappa shape index (κ2) is 7.46. The monoisotopic (exact) mass is 361 g/mol. The predicted octanol–water partition coefficient (Wildman–Crippen LogP) is 2.20. The molecule has 0 bridgehead atoms. The summed E-state index contributed by atoms with van der Waals surface area (Å²) in [4.78, 5) is 30.7. The highest BCUT2D eigenvalue weighted by molar-refractivity contribution is 7.12. The van der Waals surface area contributed by atoms with Crippen molar-refractivity contribution in [1.29, 1.82) is 0 Å². The summed E-state index contributed by atoms with van der Waals surface area (Å²) in [6.07, 6.45) is 5.02. The molecule has 0 aliphatic carbocycles. The number of thiophene rings is 1. The van der Waals surface area contributed by atoms with Crippen LogP contribution in [0.25, 0.3) is 0 Å². The van der Waals surface area contributed by atoms with Crippen LogP contribution in [0.4, 0.5) is 0 Å². The highest BCUT2D eigenvalue weighted by Gasteiger charge is 2.38. The quantitative estimate of drug-likeness (QED) is 0.879. The van der Waals surface area contributed by atoms with Crippen molar-refractivity contribution in [2.45, 2.75) is 38.1 Å². The van der Waals surface area contributed by atoms with Crippen molar-refractivity contribution < 1.29 is 9.59 Å². The van der Waals surface area contributed by atoms with E-state index >= 15 is 0 Å². The third-order valence-corrected chi connectivity index (χ3v) is 6.97. The number of nitrogens with zero attached hydrogens (tertiary/aromatic N) is 2. The van der Waals surface area contributed by atoms with Gasteiger partial charge in [0.2, 0.25) is 5.91 Å². The molecule has 1 aromatic heterocycles. The van der Waals surface area contributed by atoms with Gasteiger partial charge in [0.1, 0.15) is 6.04 Å². The number of hydrogen-bond donors (Lipinski definition) is 1. The van der Waals surface area contributed by atoms with Crippen molar-refractivity contribution >= 4 is 23.2 Å². The van der Waals surface area contributed by atoms with Crippen LogP contribution in [-0.2, 0) is 4.79 Å². The molecule has 136 valence electrons. The van der Waals surface area contributed by atoms with Crippen LogP contribution in [0.3, 0.4) is 0 Å². The van der Waals surface area contributed by atoms with Crippen molar-refractivity contribution in [3.8, 4) is 0 Å². The van der Waals surface area contributed by atoms with Crippen LogP contribution < -0.4 is 5.32 Å². The zero-order valence-electron chi connectivity index (χ0n) is 14.7. The lowest BCUT2D eigenvalue weighted by Crippen LogP contribution is -2.53. The van der Waals surface area contributed by atoms with Crippen LogP contribution in [0, 0.1) is 11.8 Å². The van der Waals surface area contributed by atoms with Crippen LogP contribution in [0.5, 0.6) is 0 Å². The number of carbonyl (C=O) groups is 2. The summed E-state index contributed by atoms with van der Waals surface area (Å²) in [5.74, 6) is 1.64. The van der Waals surface area contributed by atoms with E-state index in [0.717, 1.165) is 63.2 Å². The number of fused-ring (bicyclic) bond motifs is 1. The first-order chi connectivity index (χ1) is 12.2. The average Bonchev–Trinajstić information content (AvgIpc) is 3.30. The Hall–Kier alpha value is -1.40. The standard InChI is InChI=1S/C19H27N3O2S/c23-18(21-9-6-14-12-20-13-15(14)7-10-21)16-4-1-2-8-22(16)19(24)17-5-3-11-25-17/h3,5,11,14-16,20H,1-2,4,6-10,12-13H2/t14-,15+,16?. The Balaban J connectivity index is 1.46.